The third kappa shape index (κ3) is 3.58. The summed E-state index contributed by atoms with van der Waals surface area (Å²) in [5.41, 5.74) is 1.72. The highest BCUT2D eigenvalue weighted by atomic mass is 15.2. The van der Waals surface area contributed by atoms with Gasteiger partial charge in [-0.25, -0.2) is 0 Å². The first-order chi connectivity index (χ1) is 8.74. The molecule has 0 amide bonds. The molecule has 0 spiro atoms. The van der Waals surface area contributed by atoms with Gasteiger partial charge in [0.25, 0.3) is 0 Å². The van der Waals surface area contributed by atoms with E-state index in [2.05, 4.69) is 29.6 Å². The van der Waals surface area contributed by atoms with Crippen LogP contribution in [-0.2, 0) is 13.5 Å². The van der Waals surface area contributed by atoms with Gasteiger partial charge in [0.15, 0.2) is 0 Å². The molecule has 0 radical (unpaired) electrons. The van der Waals surface area contributed by atoms with Gasteiger partial charge in [0.1, 0.15) is 0 Å². The minimum absolute atomic E-state index is 0.460. The molecule has 1 aliphatic carbocycles. The lowest BCUT2D eigenvalue weighted by atomic mass is 9.71. The molecule has 0 bridgehead atoms. The van der Waals surface area contributed by atoms with Crippen LogP contribution >= 0.6 is 0 Å². The molecule has 0 saturated heterocycles. The van der Waals surface area contributed by atoms with Gasteiger partial charge in [-0.1, -0.05) is 26.2 Å². The van der Waals surface area contributed by atoms with Crippen molar-refractivity contribution in [2.45, 2.75) is 51.9 Å². The lowest BCUT2D eigenvalue weighted by molar-refractivity contribution is 0.179. The maximum Gasteiger partial charge on any atom is 0.0630 e. The zero-order valence-corrected chi connectivity index (χ0v) is 11.9. The first-order valence-electron chi connectivity index (χ1n) is 7.43. The van der Waals surface area contributed by atoms with Crippen LogP contribution in [0.15, 0.2) is 12.3 Å². The molecule has 3 nitrogen and oxygen atoms in total. The number of aromatic nitrogens is 2. The lowest BCUT2D eigenvalue weighted by Gasteiger charge is -2.37. The average molecular weight is 249 g/mol. The molecule has 1 aromatic heterocycles. The zero-order valence-electron chi connectivity index (χ0n) is 11.9. The Balaban J connectivity index is 1.99. The second-order valence-electron chi connectivity index (χ2n) is 5.89. The molecule has 1 heterocycles. The van der Waals surface area contributed by atoms with Crippen LogP contribution in [0.3, 0.4) is 0 Å². The van der Waals surface area contributed by atoms with Crippen molar-refractivity contribution in [3.05, 3.63) is 18.0 Å². The Hall–Kier alpha value is -0.830. The molecule has 1 fully saturated rings. The van der Waals surface area contributed by atoms with Crippen molar-refractivity contribution >= 4 is 0 Å². The topological polar surface area (TPSA) is 29.9 Å². The molecule has 3 heteroatoms. The number of nitrogens with zero attached hydrogens (tertiary/aromatic N) is 2. The summed E-state index contributed by atoms with van der Waals surface area (Å²) in [5, 5.41) is 8.21. The second-order valence-corrected chi connectivity index (χ2v) is 5.89. The van der Waals surface area contributed by atoms with E-state index in [1.54, 1.807) is 0 Å². The molecule has 0 unspecified atom stereocenters. The Kier molecular flexibility index (Phi) is 4.81. The predicted octanol–water partition coefficient (Wildman–Crippen LogP) is 2.91. The van der Waals surface area contributed by atoms with Crippen molar-refractivity contribution in [3.8, 4) is 0 Å². The third-order valence-corrected chi connectivity index (χ3v) is 4.17. The van der Waals surface area contributed by atoms with E-state index in [1.165, 1.54) is 44.2 Å². The van der Waals surface area contributed by atoms with Crippen molar-refractivity contribution in [2.24, 2.45) is 12.5 Å². The van der Waals surface area contributed by atoms with Crippen molar-refractivity contribution in [3.63, 3.8) is 0 Å². The first kappa shape index (κ1) is 13.6. The van der Waals surface area contributed by atoms with Gasteiger partial charge in [-0.3, -0.25) is 4.68 Å². The molecule has 1 aliphatic rings. The summed E-state index contributed by atoms with van der Waals surface area (Å²) in [5.74, 6) is 0. The number of aryl methyl sites for hydroxylation is 1. The molecular formula is C15H27N3. The van der Waals surface area contributed by atoms with Crippen LogP contribution in [0, 0.1) is 5.41 Å². The van der Waals surface area contributed by atoms with E-state index in [-0.39, 0.29) is 0 Å². The maximum absolute atomic E-state index is 4.57. The van der Waals surface area contributed by atoms with E-state index in [9.17, 15) is 0 Å². The van der Waals surface area contributed by atoms with Crippen LogP contribution in [0.1, 0.15) is 51.1 Å². The van der Waals surface area contributed by atoms with Gasteiger partial charge in [0.2, 0.25) is 0 Å². The van der Waals surface area contributed by atoms with Gasteiger partial charge in [-0.05, 0) is 43.7 Å². The van der Waals surface area contributed by atoms with Crippen molar-refractivity contribution in [2.75, 3.05) is 13.1 Å². The van der Waals surface area contributed by atoms with E-state index >= 15 is 0 Å². The summed E-state index contributed by atoms with van der Waals surface area (Å²) in [4.78, 5) is 0. The predicted molar refractivity (Wildman–Crippen MR) is 75.6 cm³/mol. The van der Waals surface area contributed by atoms with Crippen LogP contribution in [-0.4, -0.2) is 22.9 Å². The summed E-state index contributed by atoms with van der Waals surface area (Å²) < 4.78 is 1.92. The third-order valence-electron chi connectivity index (χ3n) is 4.17. The van der Waals surface area contributed by atoms with E-state index in [1.807, 2.05) is 11.7 Å². The van der Waals surface area contributed by atoms with Gasteiger partial charge >= 0.3 is 0 Å². The highest BCUT2D eigenvalue weighted by Gasteiger charge is 2.32. The van der Waals surface area contributed by atoms with Crippen LogP contribution in [0.2, 0.25) is 0 Å². The minimum atomic E-state index is 0.460. The van der Waals surface area contributed by atoms with Crippen LogP contribution in [0.4, 0.5) is 0 Å². The Labute approximate surface area is 111 Å². The number of nitrogens with one attached hydrogen (secondary N) is 1. The molecular weight excluding hydrogens is 222 g/mol. The molecule has 1 saturated carbocycles. The van der Waals surface area contributed by atoms with Gasteiger partial charge < -0.3 is 5.32 Å². The molecule has 1 aromatic rings. The minimum Gasteiger partial charge on any atom is -0.316 e. The molecule has 102 valence electrons. The number of hydrogen-bond donors (Lipinski definition) is 1. The first-order valence-corrected chi connectivity index (χ1v) is 7.43. The summed E-state index contributed by atoms with van der Waals surface area (Å²) >= 11 is 0. The Morgan fingerprint density at radius 3 is 2.72 bits per heavy atom. The molecule has 0 atom stereocenters. The molecule has 0 aliphatic heterocycles. The Bertz CT molecular complexity index is 350. The molecule has 2 rings (SSSR count). The van der Waals surface area contributed by atoms with Gasteiger partial charge in [0.05, 0.1) is 5.69 Å². The van der Waals surface area contributed by atoms with Crippen molar-refractivity contribution in [1.82, 2.24) is 15.1 Å². The standard InChI is InChI=1S/C15H27N3/c1-3-10-16-13-15(8-5-4-6-9-15)12-14-7-11-18(2)17-14/h7,11,16H,3-6,8-10,12-13H2,1-2H3. The summed E-state index contributed by atoms with van der Waals surface area (Å²) in [7, 11) is 2.01. The van der Waals surface area contributed by atoms with Crippen LogP contribution in [0.25, 0.3) is 0 Å². The number of hydrogen-bond acceptors (Lipinski definition) is 2. The van der Waals surface area contributed by atoms with E-state index in [4.69, 9.17) is 0 Å². The Morgan fingerprint density at radius 2 is 2.11 bits per heavy atom. The molecule has 0 aromatic carbocycles. The SMILES string of the molecule is CCCNCC1(Cc2ccn(C)n2)CCCCC1. The number of rotatable bonds is 6. The Morgan fingerprint density at radius 1 is 1.33 bits per heavy atom. The van der Waals surface area contributed by atoms with E-state index in [0.29, 0.717) is 5.41 Å². The summed E-state index contributed by atoms with van der Waals surface area (Å²) in [6.07, 6.45) is 11.3. The molecule has 1 N–H and O–H groups in total. The second kappa shape index (κ2) is 6.37. The monoisotopic (exact) mass is 249 g/mol. The van der Waals surface area contributed by atoms with Gasteiger partial charge in [0, 0.05) is 19.8 Å². The van der Waals surface area contributed by atoms with Crippen molar-refractivity contribution in [1.29, 1.82) is 0 Å². The lowest BCUT2D eigenvalue weighted by Crippen LogP contribution is -2.38. The smallest absolute Gasteiger partial charge is 0.0630 e. The van der Waals surface area contributed by atoms with Crippen molar-refractivity contribution < 1.29 is 0 Å². The molecule has 18 heavy (non-hydrogen) atoms. The fourth-order valence-corrected chi connectivity index (χ4v) is 3.19. The summed E-state index contributed by atoms with van der Waals surface area (Å²) in [6, 6.07) is 2.18. The fourth-order valence-electron chi connectivity index (χ4n) is 3.19. The largest absolute Gasteiger partial charge is 0.316 e. The normalized spacial score (nSPS) is 19.0. The van der Waals surface area contributed by atoms with E-state index < -0.39 is 0 Å². The van der Waals surface area contributed by atoms with Crippen LogP contribution in [0.5, 0.6) is 0 Å². The van der Waals surface area contributed by atoms with Gasteiger partial charge in [-0.2, -0.15) is 5.10 Å². The van der Waals surface area contributed by atoms with Crippen LogP contribution < -0.4 is 5.32 Å². The van der Waals surface area contributed by atoms with Gasteiger partial charge in [-0.15, -0.1) is 0 Å². The fraction of sp³-hybridized carbons (Fsp3) is 0.800. The highest BCUT2D eigenvalue weighted by molar-refractivity contribution is 5.04. The zero-order chi connectivity index (χ0) is 12.8. The maximum atomic E-state index is 4.57. The summed E-state index contributed by atoms with van der Waals surface area (Å²) in [6.45, 7) is 4.54. The quantitative estimate of drug-likeness (QED) is 0.786. The average Bonchev–Trinajstić information content (AvgIpc) is 2.76. The van der Waals surface area contributed by atoms with E-state index in [0.717, 1.165) is 19.5 Å². The highest BCUT2D eigenvalue weighted by Crippen LogP contribution is 2.38.